The standard InChI is InChI=1S/C10H15BrN4O2/c1-7(6-14(2)3)13-10-8(11)4-12-5-9(10)15(16)17/h4-5,7H,6H2,1-3H3,(H,12,13). The van der Waals surface area contributed by atoms with Crippen molar-refractivity contribution in [3.8, 4) is 0 Å². The van der Waals surface area contributed by atoms with Crippen LogP contribution in [0, 0.1) is 10.1 Å². The van der Waals surface area contributed by atoms with Crippen LogP contribution in [0.25, 0.3) is 0 Å². The molecule has 1 atom stereocenters. The minimum atomic E-state index is -0.442. The Labute approximate surface area is 108 Å². The molecule has 0 bridgehead atoms. The number of halogens is 1. The number of hydrogen-bond donors (Lipinski definition) is 1. The Kier molecular flexibility index (Phi) is 4.83. The maximum absolute atomic E-state index is 10.9. The van der Waals surface area contributed by atoms with Crippen LogP contribution in [0.3, 0.4) is 0 Å². The highest BCUT2D eigenvalue weighted by molar-refractivity contribution is 9.10. The van der Waals surface area contributed by atoms with Crippen LogP contribution in [0.15, 0.2) is 16.9 Å². The van der Waals surface area contributed by atoms with E-state index in [1.165, 1.54) is 12.4 Å². The van der Waals surface area contributed by atoms with Crippen LogP contribution in [-0.2, 0) is 0 Å². The Morgan fingerprint density at radius 1 is 1.59 bits per heavy atom. The molecule has 0 aliphatic heterocycles. The monoisotopic (exact) mass is 302 g/mol. The van der Waals surface area contributed by atoms with E-state index in [0.717, 1.165) is 6.54 Å². The predicted molar refractivity (Wildman–Crippen MR) is 70.2 cm³/mol. The van der Waals surface area contributed by atoms with Gasteiger partial charge in [-0.05, 0) is 36.9 Å². The zero-order valence-corrected chi connectivity index (χ0v) is 11.6. The number of nitro groups is 1. The van der Waals surface area contributed by atoms with Crippen molar-refractivity contribution in [3.05, 3.63) is 27.0 Å². The molecule has 0 spiro atoms. The maximum Gasteiger partial charge on any atom is 0.311 e. The molecular formula is C10H15BrN4O2. The average Bonchev–Trinajstić information content (AvgIpc) is 2.19. The van der Waals surface area contributed by atoms with E-state index < -0.39 is 4.92 Å². The van der Waals surface area contributed by atoms with Crippen LogP contribution in [0.2, 0.25) is 0 Å². The molecule has 6 nitrogen and oxygen atoms in total. The topological polar surface area (TPSA) is 71.3 Å². The Hall–Kier alpha value is -1.21. The third kappa shape index (κ3) is 3.94. The second-order valence-corrected chi connectivity index (χ2v) is 4.93. The van der Waals surface area contributed by atoms with Gasteiger partial charge < -0.3 is 10.2 Å². The summed E-state index contributed by atoms with van der Waals surface area (Å²) in [4.78, 5) is 16.2. The molecule has 1 aromatic rings. The van der Waals surface area contributed by atoms with Gasteiger partial charge in [0, 0.05) is 18.8 Å². The zero-order chi connectivity index (χ0) is 13.0. The summed E-state index contributed by atoms with van der Waals surface area (Å²) in [5.41, 5.74) is 0.448. The maximum atomic E-state index is 10.9. The molecular weight excluding hydrogens is 288 g/mol. The van der Waals surface area contributed by atoms with Gasteiger partial charge in [0.1, 0.15) is 11.9 Å². The molecule has 1 aromatic heterocycles. The quantitative estimate of drug-likeness (QED) is 0.666. The van der Waals surface area contributed by atoms with Crippen molar-refractivity contribution in [2.75, 3.05) is 26.0 Å². The van der Waals surface area contributed by atoms with E-state index in [-0.39, 0.29) is 11.7 Å². The van der Waals surface area contributed by atoms with E-state index >= 15 is 0 Å². The minimum Gasteiger partial charge on any atom is -0.375 e. The van der Waals surface area contributed by atoms with Crippen LogP contribution in [0.4, 0.5) is 11.4 Å². The molecule has 7 heteroatoms. The summed E-state index contributed by atoms with van der Waals surface area (Å²) in [5.74, 6) is 0. The van der Waals surface area contributed by atoms with Crippen molar-refractivity contribution in [2.45, 2.75) is 13.0 Å². The molecule has 0 saturated carbocycles. The first kappa shape index (κ1) is 13.9. The number of nitrogens with one attached hydrogen (secondary N) is 1. The van der Waals surface area contributed by atoms with Gasteiger partial charge in [-0.25, -0.2) is 0 Å². The number of aromatic nitrogens is 1. The molecule has 0 aliphatic carbocycles. The lowest BCUT2D eigenvalue weighted by Gasteiger charge is -2.19. The molecule has 0 aliphatic rings. The van der Waals surface area contributed by atoms with Gasteiger partial charge in [0.15, 0.2) is 0 Å². The molecule has 1 unspecified atom stereocenters. The third-order valence-electron chi connectivity index (χ3n) is 2.11. The third-order valence-corrected chi connectivity index (χ3v) is 2.71. The van der Waals surface area contributed by atoms with E-state index in [4.69, 9.17) is 0 Å². The lowest BCUT2D eigenvalue weighted by molar-refractivity contribution is -0.384. The molecule has 0 amide bonds. The van der Waals surface area contributed by atoms with Gasteiger partial charge in [-0.2, -0.15) is 0 Å². The largest absolute Gasteiger partial charge is 0.375 e. The smallest absolute Gasteiger partial charge is 0.311 e. The first-order valence-electron chi connectivity index (χ1n) is 5.11. The summed E-state index contributed by atoms with van der Waals surface area (Å²) in [6.07, 6.45) is 2.78. The molecule has 0 fully saturated rings. The van der Waals surface area contributed by atoms with Crippen LogP contribution >= 0.6 is 15.9 Å². The summed E-state index contributed by atoms with van der Waals surface area (Å²) >= 11 is 3.27. The van der Waals surface area contributed by atoms with Gasteiger partial charge in [0.05, 0.1) is 9.40 Å². The lowest BCUT2D eigenvalue weighted by Crippen LogP contribution is -2.30. The van der Waals surface area contributed by atoms with Gasteiger partial charge in [-0.1, -0.05) is 0 Å². The summed E-state index contributed by atoms with van der Waals surface area (Å²) in [6.45, 7) is 2.75. The molecule has 0 radical (unpaired) electrons. The van der Waals surface area contributed by atoms with E-state index in [9.17, 15) is 10.1 Å². The second kappa shape index (κ2) is 5.92. The van der Waals surface area contributed by atoms with Gasteiger partial charge in [0.2, 0.25) is 0 Å². The van der Waals surface area contributed by atoms with Crippen molar-refractivity contribution in [2.24, 2.45) is 0 Å². The first-order valence-corrected chi connectivity index (χ1v) is 5.90. The average molecular weight is 303 g/mol. The van der Waals surface area contributed by atoms with Crippen LogP contribution in [0.5, 0.6) is 0 Å². The van der Waals surface area contributed by atoms with Crippen LogP contribution in [-0.4, -0.2) is 41.5 Å². The second-order valence-electron chi connectivity index (χ2n) is 4.08. The summed E-state index contributed by atoms with van der Waals surface area (Å²) in [7, 11) is 3.91. The number of anilines is 1. The molecule has 1 heterocycles. The Morgan fingerprint density at radius 2 is 2.24 bits per heavy atom. The number of pyridine rings is 1. The lowest BCUT2D eigenvalue weighted by atomic mass is 10.2. The fourth-order valence-corrected chi connectivity index (χ4v) is 1.98. The van der Waals surface area contributed by atoms with Crippen LogP contribution < -0.4 is 5.32 Å². The van der Waals surface area contributed by atoms with E-state index in [0.29, 0.717) is 10.2 Å². The molecule has 17 heavy (non-hydrogen) atoms. The van der Waals surface area contributed by atoms with E-state index in [1.807, 2.05) is 25.9 Å². The van der Waals surface area contributed by atoms with Crippen molar-refractivity contribution < 1.29 is 4.92 Å². The summed E-state index contributed by atoms with van der Waals surface area (Å²) in [5, 5.41) is 14.0. The van der Waals surface area contributed by atoms with Crippen LogP contribution in [0.1, 0.15) is 6.92 Å². The van der Waals surface area contributed by atoms with E-state index in [1.54, 1.807) is 0 Å². The minimum absolute atomic E-state index is 0.0232. The SMILES string of the molecule is CC(CN(C)C)Nc1c(Br)cncc1[N+](=O)[O-]. The highest BCUT2D eigenvalue weighted by atomic mass is 79.9. The fourth-order valence-electron chi connectivity index (χ4n) is 1.55. The number of rotatable bonds is 5. The fraction of sp³-hybridized carbons (Fsp3) is 0.500. The molecule has 1 rings (SSSR count). The number of nitrogens with zero attached hydrogens (tertiary/aromatic N) is 3. The Morgan fingerprint density at radius 3 is 2.76 bits per heavy atom. The Balaban J connectivity index is 2.92. The normalized spacial score (nSPS) is 12.5. The predicted octanol–water partition coefficient (Wildman–Crippen LogP) is 2.11. The van der Waals surface area contributed by atoms with Gasteiger partial charge in [-0.15, -0.1) is 0 Å². The van der Waals surface area contributed by atoms with Gasteiger partial charge >= 0.3 is 5.69 Å². The van der Waals surface area contributed by atoms with Crippen molar-refractivity contribution in [1.82, 2.24) is 9.88 Å². The summed E-state index contributed by atoms with van der Waals surface area (Å²) < 4.78 is 0.595. The molecule has 1 N–H and O–H groups in total. The molecule has 94 valence electrons. The summed E-state index contributed by atoms with van der Waals surface area (Å²) in [6, 6.07) is 0.0994. The van der Waals surface area contributed by atoms with E-state index in [2.05, 4.69) is 26.2 Å². The zero-order valence-electron chi connectivity index (χ0n) is 9.98. The highest BCUT2D eigenvalue weighted by Gasteiger charge is 2.18. The number of hydrogen-bond acceptors (Lipinski definition) is 5. The number of likely N-dealkylation sites (N-methyl/N-ethyl adjacent to an activating group) is 1. The molecule has 0 saturated heterocycles. The first-order chi connectivity index (χ1) is 7.91. The highest BCUT2D eigenvalue weighted by Crippen LogP contribution is 2.31. The Bertz CT molecular complexity index is 411. The van der Waals surface area contributed by atoms with Crippen molar-refractivity contribution in [3.63, 3.8) is 0 Å². The van der Waals surface area contributed by atoms with Crippen molar-refractivity contribution in [1.29, 1.82) is 0 Å². The van der Waals surface area contributed by atoms with Gasteiger partial charge in [-0.3, -0.25) is 15.1 Å². The van der Waals surface area contributed by atoms with Gasteiger partial charge in [0.25, 0.3) is 0 Å². The van der Waals surface area contributed by atoms with Crippen molar-refractivity contribution >= 4 is 27.3 Å². The molecule has 0 aromatic carbocycles.